The summed E-state index contributed by atoms with van der Waals surface area (Å²) < 4.78 is 14.1. The average molecular weight is 354 g/mol. The molecule has 0 radical (unpaired) electrons. The van der Waals surface area contributed by atoms with Crippen LogP contribution in [0.2, 0.25) is 0 Å². The Kier molecular flexibility index (Phi) is 5.25. The lowest BCUT2D eigenvalue weighted by atomic mass is 10.2. The molecule has 0 spiro atoms. The highest BCUT2D eigenvalue weighted by atomic mass is 79.9. The van der Waals surface area contributed by atoms with Gasteiger partial charge in [0.25, 0.3) is 0 Å². The largest absolute Gasteiger partial charge is 0.493 e. The summed E-state index contributed by atoms with van der Waals surface area (Å²) in [5.74, 6) is 1.42. The van der Waals surface area contributed by atoms with Crippen LogP contribution in [0.4, 0.5) is 0 Å². The van der Waals surface area contributed by atoms with Gasteiger partial charge in [0.15, 0.2) is 11.5 Å². The van der Waals surface area contributed by atoms with Gasteiger partial charge in [-0.3, -0.25) is 4.68 Å². The molecule has 114 valence electrons. The summed E-state index contributed by atoms with van der Waals surface area (Å²) >= 11 is 3.55. The normalized spacial score (nSPS) is 10.7. The van der Waals surface area contributed by atoms with Crippen LogP contribution in [-0.4, -0.2) is 23.9 Å². The number of hydrogen-bond acceptors (Lipinski definition) is 4. The summed E-state index contributed by atoms with van der Waals surface area (Å²) in [6, 6.07) is 6.02. The van der Waals surface area contributed by atoms with Crippen LogP contribution >= 0.6 is 15.9 Å². The highest BCUT2D eigenvalue weighted by Crippen LogP contribution is 2.37. The van der Waals surface area contributed by atoms with E-state index >= 15 is 0 Å². The molecule has 0 unspecified atom stereocenters. The fraction of sp³-hybridized carbons (Fsp3) is 0.400. The monoisotopic (exact) mass is 353 g/mol. The standard InChI is InChI=1S/C15H20BrN3O2/c1-10-5-12(19(3)18-10)9-21-15-13(16)6-11(8-17-2)7-14(15)20-4/h5-7,17H,8-9H2,1-4H3. The molecule has 6 heteroatoms. The van der Waals surface area contributed by atoms with Crippen LogP contribution in [0.1, 0.15) is 17.0 Å². The molecule has 0 aliphatic rings. The Morgan fingerprint density at radius 1 is 1.33 bits per heavy atom. The first-order valence-corrected chi connectivity index (χ1v) is 7.47. The highest BCUT2D eigenvalue weighted by Gasteiger charge is 2.13. The lowest BCUT2D eigenvalue weighted by molar-refractivity contribution is 0.273. The minimum atomic E-state index is 0.442. The molecule has 5 nitrogen and oxygen atoms in total. The van der Waals surface area contributed by atoms with Gasteiger partial charge >= 0.3 is 0 Å². The topological polar surface area (TPSA) is 48.3 Å². The number of rotatable bonds is 6. The maximum absolute atomic E-state index is 5.92. The van der Waals surface area contributed by atoms with Crippen LogP contribution < -0.4 is 14.8 Å². The van der Waals surface area contributed by atoms with E-state index in [1.54, 1.807) is 7.11 Å². The van der Waals surface area contributed by atoms with E-state index in [1.165, 1.54) is 0 Å². The van der Waals surface area contributed by atoms with Gasteiger partial charge in [0, 0.05) is 13.6 Å². The van der Waals surface area contributed by atoms with E-state index < -0.39 is 0 Å². The molecule has 0 amide bonds. The molecule has 21 heavy (non-hydrogen) atoms. The third-order valence-corrected chi connectivity index (χ3v) is 3.72. The van der Waals surface area contributed by atoms with E-state index in [2.05, 4.69) is 26.3 Å². The number of methoxy groups -OCH3 is 1. The molecule has 1 heterocycles. The summed E-state index contributed by atoms with van der Waals surface area (Å²) in [6.07, 6.45) is 0. The molecule has 0 bridgehead atoms. The second kappa shape index (κ2) is 6.95. The zero-order valence-electron chi connectivity index (χ0n) is 12.7. The predicted octanol–water partition coefficient (Wildman–Crippen LogP) is 2.80. The summed E-state index contributed by atoms with van der Waals surface area (Å²) in [5.41, 5.74) is 3.12. The van der Waals surface area contributed by atoms with Crippen molar-refractivity contribution in [3.05, 3.63) is 39.6 Å². The maximum atomic E-state index is 5.92. The lowest BCUT2D eigenvalue weighted by Crippen LogP contribution is -2.07. The Morgan fingerprint density at radius 2 is 2.10 bits per heavy atom. The Hall–Kier alpha value is -1.53. The van der Waals surface area contributed by atoms with Gasteiger partial charge in [-0.05, 0) is 53.7 Å². The first-order valence-electron chi connectivity index (χ1n) is 6.68. The molecule has 0 atom stereocenters. The van der Waals surface area contributed by atoms with Crippen LogP contribution in [0, 0.1) is 6.92 Å². The van der Waals surface area contributed by atoms with E-state index in [4.69, 9.17) is 9.47 Å². The van der Waals surface area contributed by atoms with Crippen molar-refractivity contribution in [1.82, 2.24) is 15.1 Å². The molecule has 2 aromatic rings. The number of hydrogen-bond donors (Lipinski definition) is 1. The van der Waals surface area contributed by atoms with Gasteiger partial charge < -0.3 is 14.8 Å². The predicted molar refractivity (Wildman–Crippen MR) is 85.7 cm³/mol. The SMILES string of the molecule is CNCc1cc(Br)c(OCc2cc(C)nn2C)c(OC)c1. The van der Waals surface area contributed by atoms with Crippen LogP contribution in [-0.2, 0) is 20.2 Å². The van der Waals surface area contributed by atoms with Crippen LogP contribution in [0.5, 0.6) is 11.5 Å². The zero-order chi connectivity index (χ0) is 15.4. The number of aryl methyl sites for hydroxylation is 2. The van der Waals surface area contributed by atoms with Crippen molar-refractivity contribution < 1.29 is 9.47 Å². The minimum Gasteiger partial charge on any atom is -0.493 e. The van der Waals surface area contributed by atoms with Crippen LogP contribution in [0.3, 0.4) is 0 Å². The number of benzene rings is 1. The second-order valence-corrected chi connectivity index (χ2v) is 5.68. The number of nitrogens with one attached hydrogen (secondary N) is 1. The summed E-state index contributed by atoms with van der Waals surface area (Å²) in [4.78, 5) is 0. The highest BCUT2D eigenvalue weighted by molar-refractivity contribution is 9.10. The average Bonchev–Trinajstić information content (AvgIpc) is 2.75. The molecule has 0 aliphatic carbocycles. The number of ether oxygens (including phenoxy) is 2. The van der Waals surface area contributed by atoms with Crippen molar-refractivity contribution in [2.75, 3.05) is 14.2 Å². The van der Waals surface area contributed by atoms with Gasteiger partial charge in [0.05, 0.1) is 23.0 Å². The Morgan fingerprint density at radius 3 is 2.67 bits per heavy atom. The van der Waals surface area contributed by atoms with Crippen LogP contribution in [0.25, 0.3) is 0 Å². The Balaban J connectivity index is 2.21. The van der Waals surface area contributed by atoms with Crippen molar-refractivity contribution in [2.45, 2.75) is 20.1 Å². The molecular weight excluding hydrogens is 334 g/mol. The van der Waals surface area contributed by atoms with E-state index in [-0.39, 0.29) is 0 Å². The van der Waals surface area contributed by atoms with Gasteiger partial charge in [-0.1, -0.05) is 0 Å². The van der Waals surface area contributed by atoms with Gasteiger partial charge in [-0.25, -0.2) is 0 Å². The minimum absolute atomic E-state index is 0.442. The molecule has 2 rings (SSSR count). The van der Waals surface area contributed by atoms with Gasteiger partial charge in [-0.15, -0.1) is 0 Å². The lowest BCUT2D eigenvalue weighted by Gasteiger charge is -2.14. The number of aromatic nitrogens is 2. The van der Waals surface area contributed by atoms with E-state index in [9.17, 15) is 0 Å². The van der Waals surface area contributed by atoms with Crippen molar-refractivity contribution in [2.24, 2.45) is 7.05 Å². The Labute approximate surface area is 133 Å². The molecule has 1 N–H and O–H groups in total. The molecule has 0 saturated carbocycles. The fourth-order valence-electron chi connectivity index (χ4n) is 2.16. The zero-order valence-corrected chi connectivity index (χ0v) is 14.3. The number of nitrogens with zero attached hydrogens (tertiary/aromatic N) is 2. The third-order valence-electron chi connectivity index (χ3n) is 3.13. The smallest absolute Gasteiger partial charge is 0.175 e. The van der Waals surface area contributed by atoms with Gasteiger partial charge in [0.2, 0.25) is 0 Å². The molecular formula is C15H20BrN3O2. The molecule has 1 aromatic heterocycles. The second-order valence-electron chi connectivity index (χ2n) is 4.83. The fourth-order valence-corrected chi connectivity index (χ4v) is 2.77. The Bertz CT molecular complexity index is 626. The molecule has 0 saturated heterocycles. The van der Waals surface area contributed by atoms with Crippen LogP contribution in [0.15, 0.2) is 22.7 Å². The molecule has 0 fully saturated rings. The first kappa shape index (κ1) is 15.9. The summed E-state index contributed by atoms with van der Waals surface area (Å²) in [6.45, 7) is 3.18. The molecule has 1 aromatic carbocycles. The summed E-state index contributed by atoms with van der Waals surface area (Å²) in [7, 11) is 5.47. The van der Waals surface area contributed by atoms with Crippen molar-refractivity contribution in [3.8, 4) is 11.5 Å². The molecule has 0 aliphatic heterocycles. The van der Waals surface area contributed by atoms with Crippen molar-refractivity contribution in [3.63, 3.8) is 0 Å². The first-order chi connectivity index (χ1) is 10.0. The van der Waals surface area contributed by atoms with E-state index in [0.29, 0.717) is 18.1 Å². The maximum Gasteiger partial charge on any atom is 0.175 e. The van der Waals surface area contributed by atoms with Gasteiger partial charge in [-0.2, -0.15) is 5.10 Å². The third kappa shape index (κ3) is 3.77. The quantitative estimate of drug-likeness (QED) is 0.867. The van der Waals surface area contributed by atoms with E-state index in [1.807, 2.05) is 43.9 Å². The van der Waals surface area contributed by atoms with Crippen molar-refractivity contribution >= 4 is 15.9 Å². The van der Waals surface area contributed by atoms with E-state index in [0.717, 1.165) is 28.0 Å². The number of halogens is 1. The van der Waals surface area contributed by atoms with Crippen molar-refractivity contribution in [1.29, 1.82) is 0 Å². The summed E-state index contributed by atoms with van der Waals surface area (Å²) in [5, 5.41) is 7.43. The van der Waals surface area contributed by atoms with Gasteiger partial charge in [0.1, 0.15) is 6.61 Å².